The molecule has 3 heteroatoms. The second-order valence-corrected chi connectivity index (χ2v) is 4.70. The molecule has 0 radical (unpaired) electrons. The third-order valence-electron chi connectivity index (χ3n) is 3.02. The Morgan fingerprint density at radius 1 is 1.18 bits per heavy atom. The topological polar surface area (TPSA) is 43.4 Å². The van der Waals surface area contributed by atoms with Crippen molar-refractivity contribution in [3.63, 3.8) is 0 Å². The lowest BCUT2D eigenvalue weighted by atomic mass is 9.82. The second-order valence-electron chi connectivity index (χ2n) is 4.70. The van der Waals surface area contributed by atoms with E-state index in [-0.39, 0.29) is 5.41 Å². The monoisotopic (exact) mass is 234 g/mol. The minimum absolute atomic E-state index is 0.0863. The molecular weight excluding hydrogens is 216 g/mol. The van der Waals surface area contributed by atoms with E-state index >= 15 is 0 Å². The predicted molar refractivity (Wildman–Crippen MR) is 65.9 cm³/mol. The summed E-state index contributed by atoms with van der Waals surface area (Å²) in [6.45, 7) is 7.64. The Morgan fingerprint density at radius 3 is 2.12 bits per heavy atom. The number of hydrogen-bond donors (Lipinski definition) is 0. The van der Waals surface area contributed by atoms with Gasteiger partial charge in [-0.1, -0.05) is 32.9 Å². The summed E-state index contributed by atoms with van der Waals surface area (Å²) in [7, 11) is 0. The Hall–Kier alpha value is -1.64. The molecule has 1 aromatic carbocycles. The smallest absolute Gasteiger partial charge is 0.345 e. The van der Waals surface area contributed by atoms with Crippen LogP contribution in [-0.2, 0) is 14.9 Å². The van der Waals surface area contributed by atoms with Crippen LogP contribution in [0.3, 0.4) is 0 Å². The molecule has 0 fully saturated rings. The van der Waals surface area contributed by atoms with Crippen LogP contribution in [0.4, 0.5) is 0 Å². The molecule has 0 aromatic heterocycles. The van der Waals surface area contributed by atoms with Crippen molar-refractivity contribution >= 4 is 11.9 Å². The Kier molecular flexibility index (Phi) is 4.05. The van der Waals surface area contributed by atoms with Gasteiger partial charge in [0.25, 0.3) is 0 Å². The van der Waals surface area contributed by atoms with E-state index in [0.717, 1.165) is 6.42 Å². The Balaban J connectivity index is 2.88. The van der Waals surface area contributed by atoms with E-state index < -0.39 is 11.9 Å². The molecule has 92 valence electrons. The molecule has 0 aliphatic heterocycles. The summed E-state index contributed by atoms with van der Waals surface area (Å²) in [6, 6.07) is 7.19. The number of ether oxygens (including phenoxy) is 1. The molecule has 0 aliphatic carbocycles. The predicted octanol–water partition coefficient (Wildman–Crippen LogP) is 3.08. The highest BCUT2D eigenvalue weighted by Crippen LogP contribution is 2.26. The number of carbonyl (C=O) groups excluding carboxylic acids is 2. The van der Waals surface area contributed by atoms with Crippen molar-refractivity contribution in [1.82, 2.24) is 0 Å². The van der Waals surface area contributed by atoms with Crippen molar-refractivity contribution in [3.8, 4) is 0 Å². The Morgan fingerprint density at radius 2 is 1.71 bits per heavy atom. The second kappa shape index (κ2) is 5.13. The molecule has 0 saturated heterocycles. The highest BCUT2D eigenvalue weighted by atomic mass is 16.6. The fraction of sp³-hybridized carbons (Fsp3) is 0.429. The first-order valence-electron chi connectivity index (χ1n) is 5.70. The van der Waals surface area contributed by atoms with Gasteiger partial charge in [-0.3, -0.25) is 4.79 Å². The minimum Gasteiger partial charge on any atom is -0.390 e. The van der Waals surface area contributed by atoms with Gasteiger partial charge in [-0.05, 0) is 29.5 Å². The molecule has 0 spiro atoms. The number of rotatable bonds is 3. The van der Waals surface area contributed by atoms with E-state index in [1.807, 2.05) is 12.1 Å². The molecule has 0 atom stereocenters. The van der Waals surface area contributed by atoms with Gasteiger partial charge in [0, 0.05) is 6.92 Å². The normalized spacial score (nSPS) is 11.1. The number of benzene rings is 1. The highest BCUT2D eigenvalue weighted by molar-refractivity contribution is 5.96. The lowest BCUT2D eigenvalue weighted by Gasteiger charge is -2.23. The summed E-state index contributed by atoms with van der Waals surface area (Å²) in [6.07, 6.45) is 1.02. The lowest BCUT2D eigenvalue weighted by Crippen LogP contribution is -2.16. The van der Waals surface area contributed by atoms with E-state index in [2.05, 4.69) is 25.5 Å². The van der Waals surface area contributed by atoms with Crippen LogP contribution in [0.2, 0.25) is 0 Å². The summed E-state index contributed by atoms with van der Waals surface area (Å²) in [5.74, 6) is -1.19. The van der Waals surface area contributed by atoms with Crippen molar-refractivity contribution in [2.75, 3.05) is 0 Å². The SMILES string of the molecule is CCC(C)(C)c1ccc(C(=O)OC(C)=O)cc1. The molecule has 0 heterocycles. The van der Waals surface area contributed by atoms with Crippen molar-refractivity contribution < 1.29 is 14.3 Å². The molecule has 0 aliphatic rings. The van der Waals surface area contributed by atoms with Gasteiger partial charge in [-0.25, -0.2) is 4.79 Å². The van der Waals surface area contributed by atoms with E-state index in [1.165, 1.54) is 12.5 Å². The van der Waals surface area contributed by atoms with Crippen LogP contribution in [0, 0.1) is 0 Å². The maximum Gasteiger partial charge on any atom is 0.345 e. The van der Waals surface area contributed by atoms with Gasteiger partial charge in [-0.15, -0.1) is 0 Å². The van der Waals surface area contributed by atoms with Gasteiger partial charge >= 0.3 is 11.9 Å². The van der Waals surface area contributed by atoms with Crippen molar-refractivity contribution in [3.05, 3.63) is 35.4 Å². The first-order chi connectivity index (χ1) is 7.86. The van der Waals surface area contributed by atoms with Crippen LogP contribution in [0.15, 0.2) is 24.3 Å². The number of esters is 2. The highest BCUT2D eigenvalue weighted by Gasteiger charge is 2.18. The zero-order valence-electron chi connectivity index (χ0n) is 10.7. The minimum atomic E-state index is -0.599. The van der Waals surface area contributed by atoms with Crippen LogP contribution >= 0.6 is 0 Å². The fourth-order valence-corrected chi connectivity index (χ4v) is 1.45. The van der Waals surface area contributed by atoms with E-state index in [9.17, 15) is 9.59 Å². The van der Waals surface area contributed by atoms with Crippen LogP contribution < -0.4 is 0 Å². The summed E-state index contributed by atoms with van der Waals surface area (Å²) < 4.78 is 4.51. The number of carbonyl (C=O) groups is 2. The van der Waals surface area contributed by atoms with Crippen LogP contribution in [0.1, 0.15) is 50.0 Å². The van der Waals surface area contributed by atoms with Crippen LogP contribution in [0.5, 0.6) is 0 Å². The van der Waals surface area contributed by atoms with Crippen LogP contribution in [0.25, 0.3) is 0 Å². The molecule has 0 saturated carbocycles. The number of hydrogen-bond acceptors (Lipinski definition) is 3. The van der Waals surface area contributed by atoms with E-state index in [4.69, 9.17) is 0 Å². The maximum absolute atomic E-state index is 11.4. The summed E-state index contributed by atoms with van der Waals surface area (Å²) in [5.41, 5.74) is 1.65. The average molecular weight is 234 g/mol. The van der Waals surface area contributed by atoms with Gasteiger partial charge in [-0.2, -0.15) is 0 Å². The van der Waals surface area contributed by atoms with Crippen LogP contribution in [-0.4, -0.2) is 11.9 Å². The summed E-state index contributed by atoms with van der Waals surface area (Å²) in [4.78, 5) is 22.1. The maximum atomic E-state index is 11.4. The van der Waals surface area contributed by atoms with Gasteiger partial charge in [0.1, 0.15) is 0 Å². The third kappa shape index (κ3) is 3.41. The first kappa shape index (κ1) is 13.4. The van der Waals surface area contributed by atoms with Gasteiger partial charge in [0.05, 0.1) is 5.56 Å². The molecular formula is C14H18O3. The quantitative estimate of drug-likeness (QED) is 0.596. The third-order valence-corrected chi connectivity index (χ3v) is 3.02. The molecule has 1 rings (SSSR count). The fourth-order valence-electron chi connectivity index (χ4n) is 1.45. The lowest BCUT2D eigenvalue weighted by molar-refractivity contribution is -0.135. The van der Waals surface area contributed by atoms with Crippen molar-refractivity contribution in [2.45, 2.75) is 39.5 Å². The molecule has 3 nitrogen and oxygen atoms in total. The summed E-state index contributed by atoms with van der Waals surface area (Å²) in [5, 5.41) is 0. The average Bonchev–Trinajstić information content (AvgIpc) is 2.28. The van der Waals surface area contributed by atoms with E-state index in [1.54, 1.807) is 12.1 Å². The Labute approximate surface area is 102 Å². The largest absolute Gasteiger partial charge is 0.390 e. The Bertz CT molecular complexity index is 416. The molecule has 1 aromatic rings. The van der Waals surface area contributed by atoms with Crippen molar-refractivity contribution in [1.29, 1.82) is 0 Å². The molecule has 0 unspecified atom stereocenters. The molecule has 0 amide bonds. The molecule has 0 bridgehead atoms. The van der Waals surface area contributed by atoms with Gasteiger partial charge < -0.3 is 4.74 Å². The van der Waals surface area contributed by atoms with Gasteiger partial charge in [0.15, 0.2) is 0 Å². The zero-order chi connectivity index (χ0) is 13.1. The molecule has 17 heavy (non-hydrogen) atoms. The standard InChI is InChI=1S/C14H18O3/c1-5-14(3,4)12-8-6-11(7-9-12)13(16)17-10(2)15/h6-9H,5H2,1-4H3. The van der Waals surface area contributed by atoms with E-state index in [0.29, 0.717) is 5.56 Å². The van der Waals surface area contributed by atoms with Gasteiger partial charge in [0.2, 0.25) is 0 Å². The first-order valence-corrected chi connectivity index (χ1v) is 5.70. The van der Waals surface area contributed by atoms with Crippen molar-refractivity contribution in [2.24, 2.45) is 0 Å². The molecule has 0 N–H and O–H groups in total. The summed E-state index contributed by atoms with van der Waals surface area (Å²) >= 11 is 0. The zero-order valence-corrected chi connectivity index (χ0v) is 10.7.